The second-order valence-electron chi connectivity index (χ2n) is 3.54. The summed E-state index contributed by atoms with van der Waals surface area (Å²) in [7, 11) is 0. The molecule has 2 aromatic carbocycles. The van der Waals surface area contributed by atoms with E-state index in [9.17, 15) is 9.90 Å². The molecule has 0 aliphatic carbocycles. The number of benzene rings is 2. The largest absolute Gasteiger partial charge is 0.380 e. The van der Waals surface area contributed by atoms with Crippen molar-refractivity contribution in [1.82, 2.24) is 0 Å². The maximum absolute atomic E-state index is 11.9. The van der Waals surface area contributed by atoms with Crippen LogP contribution in [0.25, 0.3) is 0 Å². The first kappa shape index (κ1) is 14.1. The molecule has 0 aliphatic rings. The van der Waals surface area contributed by atoms with E-state index < -0.39 is 6.10 Å². The zero-order chi connectivity index (χ0) is 11.4. The van der Waals surface area contributed by atoms with Gasteiger partial charge in [0, 0.05) is 35.1 Å². The molecular formula is C14H12NaO2. The van der Waals surface area contributed by atoms with Crippen molar-refractivity contribution in [1.29, 1.82) is 0 Å². The minimum atomic E-state index is -1.08. The van der Waals surface area contributed by atoms with Gasteiger partial charge in [-0.1, -0.05) is 60.7 Å². The van der Waals surface area contributed by atoms with Gasteiger partial charge >= 0.3 is 0 Å². The third-order valence-corrected chi connectivity index (χ3v) is 2.42. The first-order valence-electron chi connectivity index (χ1n) is 5.11. The van der Waals surface area contributed by atoms with Crippen LogP contribution in [0.2, 0.25) is 0 Å². The summed E-state index contributed by atoms with van der Waals surface area (Å²) in [5, 5.41) is 9.89. The average molecular weight is 235 g/mol. The zero-order valence-electron chi connectivity index (χ0n) is 9.71. The molecule has 0 aromatic heterocycles. The second-order valence-corrected chi connectivity index (χ2v) is 3.54. The van der Waals surface area contributed by atoms with Crippen LogP contribution in [-0.4, -0.2) is 40.4 Å². The SMILES string of the molecule is O=C(c1ccccc1)C(O)c1ccccc1.[Na]. The van der Waals surface area contributed by atoms with Gasteiger partial charge in [-0.25, -0.2) is 0 Å². The number of carbonyl (C=O) groups is 1. The summed E-state index contributed by atoms with van der Waals surface area (Å²) in [5.74, 6) is -0.271. The number of hydrogen-bond donors (Lipinski definition) is 1. The van der Waals surface area contributed by atoms with Crippen LogP contribution < -0.4 is 0 Å². The van der Waals surface area contributed by atoms with E-state index in [-0.39, 0.29) is 35.3 Å². The van der Waals surface area contributed by atoms with Crippen molar-refractivity contribution in [2.45, 2.75) is 6.10 Å². The number of hydrogen-bond acceptors (Lipinski definition) is 2. The molecule has 17 heavy (non-hydrogen) atoms. The minimum absolute atomic E-state index is 0. The summed E-state index contributed by atoms with van der Waals surface area (Å²) >= 11 is 0. The number of carbonyl (C=O) groups excluding carboxylic acids is 1. The van der Waals surface area contributed by atoms with Crippen LogP contribution in [0.5, 0.6) is 0 Å². The van der Waals surface area contributed by atoms with Crippen molar-refractivity contribution in [2.24, 2.45) is 0 Å². The van der Waals surface area contributed by atoms with Crippen molar-refractivity contribution in [2.75, 3.05) is 0 Å². The number of Topliss-reactive ketones (excluding diaryl/α,β-unsaturated/α-hetero) is 1. The van der Waals surface area contributed by atoms with Gasteiger partial charge in [-0.2, -0.15) is 0 Å². The van der Waals surface area contributed by atoms with Gasteiger partial charge in [0.1, 0.15) is 6.10 Å². The van der Waals surface area contributed by atoms with Crippen LogP contribution in [-0.2, 0) is 0 Å². The fourth-order valence-corrected chi connectivity index (χ4v) is 1.55. The Bertz CT molecular complexity index is 468. The normalized spacial score (nSPS) is 11.4. The van der Waals surface area contributed by atoms with E-state index in [0.29, 0.717) is 11.1 Å². The van der Waals surface area contributed by atoms with Crippen molar-refractivity contribution in [3.8, 4) is 0 Å². The van der Waals surface area contributed by atoms with Crippen LogP contribution in [0.4, 0.5) is 0 Å². The van der Waals surface area contributed by atoms with Gasteiger partial charge in [0.15, 0.2) is 5.78 Å². The molecule has 0 spiro atoms. The summed E-state index contributed by atoms with van der Waals surface area (Å²) in [6, 6.07) is 17.7. The Morgan fingerprint density at radius 2 is 1.35 bits per heavy atom. The average Bonchev–Trinajstić information content (AvgIpc) is 2.39. The van der Waals surface area contributed by atoms with Crippen molar-refractivity contribution in [3.63, 3.8) is 0 Å². The summed E-state index contributed by atoms with van der Waals surface area (Å²) in [6.07, 6.45) is -1.08. The Morgan fingerprint density at radius 3 is 1.88 bits per heavy atom. The Balaban J connectivity index is 0.00000144. The zero-order valence-corrected chi connectivity index (χ0v) is 11.7. The molecule has 0 saturated carbocycles. The van der Waals surface area contributed by atoms with E-state index in [4.69, 9.17) is 0 Å². The van der Waals surface area contributed by atoms with Gasteiger partial charge in [-0.05, 0) is 5.56 Å². The number of aliphatic hydroxyl groups is 1. The number of rotatable bonds is 3. The van der Waals surface area contributed by atoms with E-state index in [1.54, 1.807) is 48.5 Å². The summed E-state index contributed by atoms with van der Waals surface area (Å²) in [4.78, 5) is 11.9. The smallest absolute Gasteiger partial charge is 0.195 e. The molecule has 0 aliphatic heterocycles. The summed E-state index contributed by atoms with van der Waals surface area (Å²) in [5.41, 5.74) is 1.15. The molecule has 0 fully saturated rings. The maximum Gasteiger partial charge on any atom is 0.195 e. The van der Waals surface area contributed by atoms with Crippen molar-refractivity contribution >= 4 is 35.3 Å². The Kier molecular flexibility index (Phi) is 5.59. The van der Waals surface area contributed by atoms with Crippen molar-refractivity contribution < 1.29 is 9.90 Å². The Hall–Kier alpha value is -0.930. The Morgan fingerprint density at radius 1 is 0.882 bits per heavy atom. The number of aliphatic hydroxyl groups excluding tert-OH is 1. The molecule has 0 saturated heterocycles. The van der Waals surface area contributed by atoms with Gasteiger partial charge in [0.2, 0.25) is 0 Å². The molecule has 2 nitrogen and oxygen atoms in total. The molecule has 1 N–H and O–H groups in total. The van der Waals surface area contributed by atoms with E-state index in [1.807, 2.05) is 12.1 Å². The summed E-state index contributed by atoms with van der Waals surface area (Å²) in [6.45, 7) is 0. The fourth-order valence-electron chi connectivity index (χ4n) is 1.55. The van der Waals surface area contributed by atoms with Gasteiger partial charge in [-0.15, -0.1) is 0 Å². The standard InChI is InChI=1S/C14H12O2.Na/c15-13(11-7-3-1-4-8-11)14(16)12-9-5-2-6-10-12;/h1-10,13,15H;. The van der Waals surface area contributed by atoms with Crippen LogP contribution in [0, 0.1) is 0 Å². The number of ketones is 1. The first-order chi connectivity index (χ1) is 7.79. The van der Waals surface area contributed by atoms with Gasteiger partial charge in [-0.3, -0.25) is 4.79 Å². The maximum atomic E-state index is 11.9. The molecule has 1 unspecified atom stereocenters. The topological polar surface area (TPSA) is 37.3 Å². The minimum Gasteiger partial charge on any atom is -0.380 e. The molecule has 0 amide bonds. The fraction of sp³-hybridized carbons (Fsp3) is 0.0714. The molecular weight excluding hydrogens is 223 g/mol. The third kappa shape index (κ3) is 3.51. The van der Waals surface area contributed by atoms with Gasteiger partial charge in [0.05, 0.1) is 0 Å². The predicted octanol–water partition coefficient (Wildman–Crippen LogP) is 2.22. The third-order valence-electron chi connectivity index (χ3n) is 2.42. The Labute approximate surface area is 123 Å². The molecule has 0 bridgehead atoms. The van der Waals surface area contributed by atoms with E-state index in [2.05, 4.69) is 0 Å². The quantitative estimate of drug-likeness (QED) is 0.654. The molecule has 3 heteroatoms. The van der Waals surface area contributed by atoms with Gasteiger partial charge < -0.3 is 5.11 Å². The summed E-state index contributed by atoms with van der Waals surface area (Å²) < 4.78 is 0. The second kappa shape index (κ2) is 6.72. The molecule has 2 aromatic rings. The predicted molar refractivity (Wildman–Crippen MR) is 67.9 cm³/mol. The van der Waals surface area contributed by atoms with E-state index >= 15 is 0 Å². The van der Waals surface area contributed by atoms with Crippen molar-refractivity contribution in [3.05, 3.63) is 71.8 Å². The molecule has 1 atom stereocenters. The van der Waals surface area contributed by atoms with Crippen LogP contribution in [0.15, 0.2) is 60.7 Å². The first-order valence-corrected chi connectivity index (χ1v) is 5.11. The van der Waals surface area contributed by atoms with Gasteiger partial charge in [0.25, 0.3) is 0 Å². The van der Waals surface area contributed by atoms with Crippen LogP contribution >= 0.6 is 0 Å². The molecule has 81 valence electrons. The van der Waals surface area contributed by atoms with Crippen LogP contribution in [0.3, 0.4) is 0 Å². The molecule has 0 heterocycles. The molecule has 2 rings (SSSR count). The van der Waals surface area contributed by atoms with Crippen LogP contribution in [0.1, 0.15) is 22.0 Å². The monoisotopic (exact) mass is 235 g/mol. The molecule has 1 radical (unpaired) electrons. The van der Waals surface area contributed by atoms with E-state index in [1.165, 1.54) is 0 Å². The van der Waals surface area contributed by atoms with E-state index in [0.717, 1.165) is 0 Å².